The maximum atomic E-state index is 13.5. The molecule has 0 saturated heterocycles. The van der Waals surface area contributed by atoms with Crippen molar-refractivity contribution in [2.75, 3.05) is 17.9 Å². The number of benzene rings is 2. The van der Waals surface area contributed by atoms with Gasteiger partial charge in [0, 0.05) is 29.5 Å². The Labute approximate surface area is 248 Å². The van der Waals surface area contributed by atoms with Crippen LogP contribution in [0.15, 0.2) is 57.9 Å². The average molecular weight is 594 g/mol. The predicted molar refractivity (Wildman–Crippen MR) is 162 cm³/mol. The van der Waals surface area contributed by atoms with Gasteiger partial charge >= 0.3 is 0 Å². The standard InChI is InChI=1S/C32H39N3O6S/c1-7-12-26-18-29(31(39-9-3)22(5)33-26)40-19-24-15-16-27(25(17-24)20-38-8-2)28-13-10-11-14-30(28)42(36,37)35-32-21(4)23(6)41-34-32/h10-11,13-18H,7-9,12,19-20H2,1-6H3,(H,34,35). The number of hydrogen-bond donors (Lipinski definition) is 1. The first-order valence-electron chi connectivity index (χ1n) is 14.2. The number of ether oxygens (including phenoxy) is 3. The molecular weight excluding hydrogens is 554 g/mol. The molecule has 2 aromatic heterocycles. The summed E-state index contributed by atoms with van der Waals surface area (Å²) in [6.07, 6.45) is 1.83. The lowest BCUT2D eigenvalue weighted by Crippen LogP contribution is -2.15. The van der Waals surface area contributed by atoms with Gasteiger partial charge in [0.1, 0.15) is 12.4 Å². The molecule has 0 aliphatic carbocycles. The summed E-state index contributed by atoms with van der Waals surface area (Å²) >= 11 is 0. The van der Waals surface area contributed by atoms with E-state index in [9.17, 15) is 8.42 Å². The van der Waals surface area contributed by atoms with E-state index in [4.69, 9.17) is 18.7 Å². The molecule has 0 radical (unpaired) electrons. The molecule has 2 heterocycles. The summed E-state index contributed by atoms with van der Waals surface area (Å²) in [4.78, 5) is 4.79. The van der Waals surface area contributed by atoms with Gasteiger partial charge in [-0.3, -0.25) is 9.71 Å². The average Bonchev–Trinajstić information content (AvgIpc) is 3.28. The number of nitrogens with one attached hydrogen (secondary N) is 1. The first kappa shape index (κ1) is 31.1. The number of nitrogens with zero attached hydrogens (tertiary/aromatic N) is 2. The molecule has 9 nitrogen and oxygen atoms in total. The maximum absolute atomic E-state index is 13.5. The SMILES string of the molecule is CCCc1cc(OCc2ccc(-c3ccccc3S(=O)(=O)Nc3noc(C)c3C)c(COCC)c2)c(OCC)c(C)n1. The maximum Gasteiger partial charge on any atom is 0.263 e. The minimum atomic E-state index is -3.98. The van der Waals surface area contributed by atoms with Gasteiger partial charge < -0.3 is 18.7 Å². The van der Waals surface area contributed by atoms with E-state index in [-0.39, 0.29) is 10.7 Å². The van der Waals surface area contributed by atoms with E-state index in [0.717, 1.165) is 40.9 Å². The fourth-order valence-corrected chi connectivity index (χ4v) is 5.90. The fourth-order valence-electron chi connectivity index (χ4n) is 4.62. The number of pyridine rings is 1. The molecule has 0 atom stereocenters. The Kier molecular flexibility index (Phi) is 10.2. The van der Waals surface area contributed by atoms with Crippen molar-refractivity contribution in [3.63, 3.8) is 0 Å². The molecule has 10 heteroatoms. The third kappa shape index (κ3) is 7.11. The second kappa shape index (κ2) is 13.8. The van der Waals surface area contributed by atoms with E-state index in [1.165, 1.54) is 0 Å². The predicted octanol–water partition coefficient (Wildman–Crippen LogP) is 6.93. The van der Waals surface area contributed by atoms with Crippen molar-refractivity contribution in [3.05, 3.63) is 82.4 Å². The van der Waals surface area contributed by atoms with Crippen LogP contribution in [0.1, 0.15) is 61.0 Å². The molecule has 2 aromatic carbocycles. The molecule has 0 amide bonds. The first-order valence-corrected chi connectivity index (χ1v) is 15.7. The summed E-state index contributed by atoms with van der Waals surface area (Å²) in [6, 6.07) is 14.7. The van der Waals surface area contributed by atoms with Crippen LogP contribution in [0.2, 0.25) is 0 Å². The van der Waals surface area contributed by atoms with Crippen molar-refractivity contribution in [3.8, 4) is 22.6 Å². The zero-order chi connectivity index (χ0) is 30.3. The minimum absolute atomic E-state index is 0.129. The van der Waals surface area contributed by atoms with Crippen LogP contribution in [-0.4, -0.2) is 31.8 Å². The van der Waals surface area contributed by atoms with Gasteiger partial charge in [0.2, 0.25) is 0 Å². The molecule has 224 valence electrons. The smallest absolute Gasteiger partial charge is 0.263 e. The summed E-state index contributed by atoms with van der Waals surface area (Å²) in [7, 11) is -3.98. The van der Waals surface area contributed by atoms with Crippen molar-refractivity contribution in [2.45, 2.75) is 72.5 Å². The second-order valence-corrected chi connectivity index (χ2v) is 11.6. The van der Waals surface area contributed by atoms with Gasteiger partial charge in [0.25, 0.3) is 10.0 Å². The van der Waals surface area contributed by atoms with Gasteiger partial charge in [-0.2, -0.15) is 0 Å². The third-order valence-corrected chi connectivity index (χ3v) is 8.23. The zero-order valence-electron chi connectivity index (χ0n) is 25.1. The van der Waals surface area contributed by atoms with Gasteiger partial charge in [0.15, 0.2) is 17.3 Å². The lowest BCUT2D eigenvalue weighted by molar-refractivity contribution is 0.134. The van der Waals surface area contributed by atoms with Crippen LogP contribution >= 0.6 is 0 Å². The highest BCUT2D eigenvalue weighted by Gasteiger charge is 2.24. The van der Waals surface area contributed by atoms with E-state index in [1.807, 2.05) is 51.1 Å². The van der Waals surface area contributed by atoms with Gasteiger partial charge in [-0.1, -0.05) is 48.8 Å². The summed E-state index contributed by atoms with van der Waals surface area (Å²) < 4.78 is 52.7. The summed E-state index contributed by atoms with van der Waals surface area (Å²) in [5, 5.41) is 3.87. The van der Waals surface area contributed by atoms with E-state index in [2.05, 4.69) is 21.8 Å². The van der Waals surface area contributed by atoms with Crippen LogP contribution in [0, 0.1) is 20.8 Å². The quantitative estimate of drug-likeness (QED) is 0.167. The minimum Gasteiger partial charge on any atom is -0.488 e. The normalized spacial score (nSPS) is 11.5. The van der Waals surface area contributed by atoms with Gasteiger partial charge in [-0.05, 0) is 69.9 Å². The molecule has 4 aromatic rings. The number of anilines is 1. The number of rotatable bonds is 14. The molecule has 0 bridgehead atoms. The Morgan fingerprint density at radius 3 is 2.38 bits per heavy atom. The van der Waals surface area contributed by atoms with E-state index >= 15 is 0 Å². The summed E-state index contributed by atoms with van der Waals surface area (Å²) in [5.74, 6) is 2.02. The van der Waals surface area contributed by atoms with Crippen LogP contribution in [0.4, 0.5) is 5.82 Å². The molecule has 0 aliphatic rings. The lowest BCUT2D eigenvalue weighted by atomic mass is 9.98. The second-order valence-electron chi connectivity index (χ2n) is 9.94. The molecule has 0 fully saturated rings. The molecule has 0 saturated carbocycles. The van der Waals surface area contributed by atoms with Crippen molar-refractivity contribution < 1.29 is 27.2 Å². The highest BCUT2D eigenvalue weighted by molar-refractivity contribution is 7.92. The Hall–Kier alpha value is -3.89. The molecule has 0 unspecified atom stereocenters. The van der Waals surface area contributed by atoms with Crippen LogP contribution in [-0.2, 0) is 34.4 Å². The van der Waals surface area contributed by atoms with Crippen molar-refractivity contribution >= 4 is 15.8 Å². The highest BCUT2D eigenvalue weighted by Crippen LogP contribution is 2.35. The van der Waals surface area contributed by atoms with Crippen LogP contribution < -0.4 is 14.2 Å². The number of sulfonamides is 1. The first-order chi connectivity index (χ1) is 20.2. The lowest BCUT2D eigenvalue weighted by Gasteiger charge is -2.18. The highest BCUT2D eigenvalue weighted by atomic mass is 32.2. The van der Waals surface area contributed by atoms with Crippen molar-refractivity contribution in [1.29, 1.82) is 0 Å². The van der Waals surface area contributed by atoms with Crippen molar-refractivity contribution in [1.82, 2.24) is 10.1 Å². The molecule has 42 heavy (non-hydrogen) atoms. The zero-order valence-corrected chi connectivity index (χ0v) is 25.9. The molecule has 4 rings (SSSR count). The molecule has 0 spiro atoms. The largest absolute Gasteiger partial charge is 0.488 e. The third-order valence-electron chi connectivity index (χ3n) is 6.84. The Morgan fingerprint density at radius 2 is 1.69 bits per heavy atom. The topological polar surface area (TPSA) is 113 Å². The summed E-state index contributed by atoms with van der Waals surface area (Å²) in [6.45, 7) is 13.0. The van der Waals surface area contributed by atoms with Crippen LogP contribution in [0.3, 0.4) is 0 Å². The Balaban J connectivity index is 1.68. The number of aromatic nitrogens is 2. The van der Waals surface area contributed by atoms with Crippen molar-refractivity contribution in [2.24, 2.45) is 0 Å². The van der Waals surface area contributed by atoms with Crippen LogP contribution in [0.25, 0.3) is 11.1 Å². The van der Waals surface area contributed by atoms with Gasteiger partial charge in [-0.15, -0.1) is 0 Å². The Morgan fingerprint density at radius 1 is 0.905 bits per heavy atom. The number of aryl methyl sites for hydroxylation is 3. The fraction of sp³-hybridized carbons (Fsp3) is 0.375. The number of hydrogen-bond acceptors (Lipinski definition) is 8. The summed E-state index contributed by atoms with van der Waals surface area (Å²) in [5.41, 5.74) is 5.46. The van der Waals surface area contributed by atoms with Gasteiger partial charge in [-0.25, -0.2) is 8.42 Å². The Bertz CT molecular complexity index is 1630. The monoisotopic (exact) mass is 593 g/mol. The molecule has 0 aliphatic heterocycles. The van der Waals surface area contributed by atoms with Crippen LogP contribution in [0.5, 0.6) is 11.5 Å². The molecule has 1 N–H and O–H groups in total. The van der Waals surface area contributed by atoms with Gasteiger partial charge in [0.05, 0.1) is 23.8 Å². The van der Waals surface area contributed by atoms with E-state index < -0.39 is 10.0 Å². The molecular formula is C32H39N3O6S. The van der Waals surface area contributed by atoms with E-state index in [1.54, 1.807) is 32.0 Å². The van der Waals surface area contributed by atoms with E-state index in [0.29, 0.717) is 54.8 Å².